The Morgan fingerprint density at radius 2 is 2.44 bits per heavy atom. The second-order valence-electron chi connectivity index (χ2n) is 3.84. The van der Waals surface area contributed by atoms with Crippen LogP contribution in [0.15, 0.2) is 17.9 Å². The highest BCUT2D eigenvalue weighted by Gasteiger charge is 2.47. The van der Waals surface area contributed by atoms with Crippen molar-refractivity contribution in [1.82, 2.24) is 25.1 Å². The van der Waals surface area contributed by atoms with Gasteiger partial charge in [0.15, 0.2) is 6.33 Å². The Balaban J connectivity index is 1.48. The average molecular weight is 237 g/mol. The Hall–Kier alpha value is -1.37. The van der Waals surface area contributed by atoms with Crippen LogP contribution in [0.4, 0.5) is 0 Å². The Morgan fingerprint density at radius 1 is 1.50 bits per heavy atom. The summed E-state index contributed by atoms with van der Waals surface area (Å²) in [6.07, 6.45) is 5.11. The Labute approximate surface area is 96.7 Å². The Kier molecular flexibility index (Phi) is 2.39. The third-order valence-corrected chi connectivity index (χ3v) is 4.01. The number of nitrogens with zero attached hydrogens (tertiary/aromatic N) is 5. The Morgan fingerprint density at radius 3 is 3.25 bits per heavy atom. The fourth-order valence-electron chi connectivity index (χ4n) is 2.06. The van der Waals surface area contributed by atoms with Crippen LogP contribution in [0.25, 0.3) is 0 Å². The zero-order chi connectivity index (χ0) is 11.0. The SMILES string of the molecule is O=C1C(CCCn2ncnn2)[C@@H]2SC=CN12. The van der Waals surface area contributed by atoms with Crippen LogP contribution in [0, 0.1) is 5.92 Å². The summed E-state index contributed by atoms with van der Waals surface area (Å²) in [6.45, 7) is 0.731. The summed E-state index contributed by atoms with van der Waals surface area (Å²) < 4.78 is 0. The summed E-state index contributed by atoms with van der Waals surface area (Å²) in [4.78, 5) is 15.0. The van der Waals surface area contributed by atoms with E-state index in [4.69, 9.17) is 0 Å². The molecule has 3 rings (SSSR count). The summed E-state index contributed by atoms with van der Waals surface area (Å²) in [7, 11) is 0. The quantitative estimate of drug-likeness (QED) is 0.712. The summed E-state index contributed by atoms with van der Waals surface area (Å²) in [6, 6.07) is 0. The lowest BCUT2D eigenvalue weighted by molar-refractivity contribution is -0.145. The molecule has 84 valence electrons. The van der Waals surface area contributed by atoms with Gasteiger partial charge in [0.05, 0.1) is 17.8 Å². The molecular formula is C9H11N5OS. The van der Waals surface area contributed by atoms with Crippen molar-refractivity contribution in [2.24, 2.45) is 5.92 Å². The van der Waals surface area contributed by atoms with E-state index in [0.717, 1.165) is 19.4 Å². The van der Waals surface area contributed by atoms with Gasteiger partial charge in [-0.1, -0.05) is 0 Å². The fraction of sp³-hybridized carbons (Fsp3) is 0.556. The van der Waals surface area contributed by atoms with Crippen LogP contribution in [0.2, 0.25) is 0 Å². The van der Waals surface area contributed by atoms with E-state index in [9.17, 15) is 4.79 Å². The number of amides is 1. The molecule has 0 aliphatic carbocycles. The molecule has 2 atom stereocenters. The minimum atomic E-state index is 0.170. The van der Waals surface area contributed by atoms with Crippen molar-refractivity contribution in [2.75, 3.05) is 0 Å². The van der Waals surface area contributed by atoms with Crippen LogP contribution in [0.1, 0.15) is 12.8 Å². The maximum absolute atomic E-state index is 11.6. The van der Waals surface area contributed by atoms with Crippen molar-refractivity contribution in [3.05, 3.63) is 17.9 Å². The van der Waals surface area contributed by atoms with Crippen LogP contribution in [0.5, 0.6) is 0 Å². The summed E-state index contributed by atoms with van der Waals surface area (Å²) in [5.74, 6) is 0.418. The first-order valence-electron chi connectivity index (χ1n) is 5.21. The predicted molar refractivity (Wildman–Crippen MR) is 57.9 cm³/mol. The van der Waals surface area contributed by atoms with E-state index in [0.29, 0.717) is 5.37 Å². The molecule has 1 amide bonds. The van der Waals surface area contributed by atoms with Crippen LogP contribution in [-0.2, 0) is 11.3 Å². The standard InChI is InChI=1S/C9H11N5OS/c15-8-7(9-13(8)4-5-16-9)2-1-3-14-11-6-10-12-14/h4-7,9H,1-3H2/t7?,9-/m0/s1. The van der Waals surface area contributed by atoms with Crippen molar-refractivity contribution < 1.29 is 4.79 Å². The molecule has 0 spiro atoms. The van der Waals surface area contributed by atoms with Crippen molar-refractivity contribution in [1.29, 1.82) is 0 Å². The molecule has 2 aliphatic heterocycles. The third-order valence-electron chi connectivity index (χ3n) is 2.89. The molecule has 0 aromatic carbocycles. The van der Waals surface area contributed by atoms with E-state index in [1.54, 1.807) is 16.6 Å². The molecular weight excluding hydrogens is 226 g/mol. The van der Waals surface area contributed by atoms with Crippen LogP contribution in [-0.4, -0.2) is 36.4 Å². The lowest BCUT2D eigenvalue weighted by Gasteiger charge is -2.41. The van der Waals surface area contributed by atoms with Crippen molar-refractivity contribution in [2.45, 2.75) is 24.8 Å². The van der Waals surface area contributed by atoms with Gasteiger partial charge in [0.2, 0.25) is 5.91 Å². The maximum Gasteiger partial charge on any atom is 0.233 e. The van der Waals surface area contributed by atoms with Gasteiger partial charge in [0.1, 0.15) is 0 Å². The van der Waals surface area contributed by atoms with Crippen molar-refractivity contribution in [3.8, 4) is 0 Å². The Bertz CT molecular complexity index is 418. The number of carbonyl (C=O) groups is 1. The number of hydrogen-bond acceptors (Lipinski definition) is 5. The summed E-state index contributed by atoms with van der Waals surface area (Å²) >= 11 is 1.73. The number of rotatable bonds is 4. The average Bonchev–Trinajstić information content (AvgIpc) is 2.93. The van der Waals surface area contributed by atoms with Gasteiger partial charge >= 0.3 is 0 Å². The number of tetrazole rings is 1. The molecule has 7 heteroatoms. The number of carbonyl (C=O) groups excluding carboxylic acids is 1. The molecule has 1 aromatic rings. The van der Waals surface area contributed by atoms with E-state index in [1.165, 1.54) is 6.33 Å². The molecule has 3 heterocycles. The largest absolute Gasteiger partial charge is 0.305 e. The number of aryl methyl sites for hydroxylation is 1. The summed E-state index contributed by atoms with van der Waals surface area (Å²) in [5, 5.41) is 13.7. The lowest BCUT2D eigenvalue weighted by atomic mass is 9.93. The monoisotopic (exact) mass is 237 g/mol. The van der Waals surface area contributed by atoms with E-state index in [-0.39, 0.29) is 11.8 Å². The van der Waals surface area contributed by atoms with E-state index >= 15 is 0 Å². The van der Waals surface area contributed by atoms with Gasteiger partial charge in [0.25, 0.3) is 0 Å². The number of aromatic nitrogens is 4. The minimum Gasteiger partial charge on any atom is -0.305 e. The van der Waals surface area contributed by atoms with Gasteiger partial charge in [-0.05, 0) is 23.5 Å². The first-order valence-corrected chi connectivity index (χ1v) is 6.15. The van der Waals surface area contributed by atoms with E-state index in [1.807, 2.05) is 16.5 Å². The van der Waals surface area contributed by atoms with Gasteiger partial charge in [-0.25, -0.2) is 0 Å². The second kappa shape index (κ2) is 3.89. The second-order valence-corrected chi connectivity index (χ2v) is 4.87. The molecule has 0 radical (unpaired) electrons. The molecule has 2 aliphatic rings. The lowest BCUT2D eigenvalue weighted by Crippen LogP contribution is -2.54. The molecule has 0 bridgehead atoms. The van der Waals surface area contributed by atoms with Gasteiger partial charge in [0, 0.05) is 6.20 Å². The van der Waals surface area contributed by atoms with Crippen molar-refractivity contribution >= 4 is 17.7 Å². The highest BCUT2D eigenvalue weighted by atomic mass is 32.2. The number of β-lactam (4-membered cyclic amide) rings is 1. The van der Waals surface area contributed by atoms with Gasteiger partial charge in [-0.15, -0.1) is 22.0 Å². The normalized spacial score (nSPS) is 27.0. The van der Waals surface area contributed by atoms with Gasteiger partial charge in [-0.3, -0.25) is 4.79 Å². The third kappa shape index (κ3) is 1.51. The molecule has 1 saturated heterocycles. The zero-order valence-electron chi connectivity index (χ0n) is 8.56. The zero-order valence-corrected chi connectivity index (χ0v) is 9.38. The molecule has 6 nitrogen and oxygen atoms in total. The first-order chi connectivity index (χ1) is 7.86. The molecule has 0 N–H and O–H groups in total. The number of hydrogen-bond donors (Lipinski definition) is 0. The predicted octanol–water partition coefficient (Wildman–Crippen LogP) is 0.456. The highest BCUT2D eigenvalue weighted by Crippen LogP contribution is 2.42. The molecule has 0 saturated carbocycles. The number of thioether (sulfide) groups is 1. The molecule has 1 unspecified atom stereocenters. The van der Waals surface area contributed by atoms with E-state index in [2.05, 4.69) is 15.4 Å². The van der Waals surface area contributed by atoms with E-state index < -0.39 is 0 Å². The summed E-state index contributed by atoms with van der Waals surface area (Å²) in [5.41, 5.74) is 0. The smallest absolute Gasteiger partial charge is 0.233 e. The van der Waals surface area contributed by atoms with Crippen LogP contribution < -0.4 is 0 Å². The van der Waals surface area contributed by atoms with Crippen LogP contribution in [0.3, 0.4) is 0 Å². The molecule has 16 heavy (non-hydrogen) atoms. The number of fused-ring (bicyclic) bond motifs is 1. The maximum atomic E-state index is 11.6. The van der Waals surface area contributed by atoms with Crippen molar-refractivity contribution in [3.63, 3.8) is 0 Å². The first kappa shape index (κ1) is 9.83. The minimum absolute atomic E-state index is 0.170. The van der Waals surface area contributed by atoms with Gasteiger partial charge in [-0.2, -0.15) is 4.80 Å². The van der Waals surface area contributed by atoms with Crippen LogP contribution >= 0.6 is 11.8 Å². The highest BCUT2D eigenvalue weighted by molar-refractivity contribution is 8.03. The van der Waals surface area contributed by atoms with Gasteiger partial charge < -0.3 is 4.90 Å². The molecule has 1 aromatic heterocycles. The topological polar surface area (TPSA) is 63.9 Å². The fourth-order valence-corrected chi connectivity index (χ4v) is 3.17. The molecule has 1 fully saturated rings.